The smallest absolute Gasteiger partial charge is 0.230 e. The van der Waals surface area contributed by atoms with Gasteiger partial charge in [0.05, 0.1) is 24.6 Å². The van der Waals surface area contributed by atoms with Crippen molar-refractivity contribution in [3.63, 3.8) is 0 Å². The summed E-state index contributed by atoms with van der Waals surface area (Å²) in [6.07, 6.45) is 3.71. The van der Waals surface area contributed by atoms with Crippen LogP contribution in [-0.4, -0.2) is 76.7 Å². The number of thioether (sulfide) groups is 1. The minimum absolute atomic E-state index is 0.0161. The zero-order chi connectivity index (χ0) is 23.7. The van der Waals surface area contributed by atoms with Crippen molar-refractivity contribution in [2.45, 2.75) is 43.8 Å². The van der Waals surface area contributed by atoms with Gasteiger partial charge >= 0.3 is 0 Å². The predicted octanol–water partition coefficient (Wildman–Crippen LogP) is 2.21. The molecule has 3 heterocycles. The summed E-state index contributed by atoms with van der Waals surface area (Å²) in [5.74, 6) is 1.96. The number of ether oxygens (including phenoxy) is 2. The maximum absolute atomic E-state index is 13.0. The van der Waals surface area contributed by atoms with Crippen molar-refractivity contribution in [1.82, 2.24) is 25.0 Å². The Bertz CT molecular complexity index is 1060. The van der Waals surface area contributed by atoms with Crippen LogP contribution in [0.5, 0.6) is 5.75 Å². The molecule has 182 valence electrons. The second-order valence-electron chi connectivity index (χ2n) is 9.44. The first kappa shape index (κ1) is 23.2. The second kappa shape index (κ2) is 9.58. The standard InChI is InChI=1S/C24H31N5O4S/c1-16-26-27-23(29(16)18-4-3-5-19(12-18)32-2)34-14-21(30)25-20-13-28(15-24(20)8-9-24)22(31)17-6-10-33-11-7-17/h3-5,12,17,20H,6-11,13-15H2,1-2H3,(H,25,30). The Hall–Kier alpha value is -2.59. The predicted molar refractivity (Wildman–Crippen MR) is 127 cm³/mol. The molecule has 1 saturated carbocycles. The van der Waals surface area contributed by atoms with Gasteiger partial charge in [-0.15, -0.1) is 10.2 Å². The fourth-order valence-corrected chi connectivity index (χ4v) is 5.86. The van der Waals surface area contributed by atoms with Gasteiger partial charge in [-0.05, 0) is 44.7 Å². The monoisotopic (exact) mass is 485 g/mol. The summed E-state index contributed by atoms with van der Waals surface area (Å²) in [6.45, 7) is 4.56. The van der Waals surface area contributed by atoms with Gasteiger partial charge in [-0.25, -0.2) is 0 Å². The normalized spacial score (nSPS) is 21.6. The fraction of sp³-hybridized carbons (Fsp3) is 0.583. The fourth-order valence-electron chi connectivity index (χ4n) is 5.05. The molecule has 3 aliphatic rings. The largest absolute Gasteiger partial charge is 0.497 e. The van der Waals surface area contributed by atoms with Gasteiger partial charge in [0.2, 0.25) is 11.8 Å². The lowest BCUT2D eigenvalue weighted by atomic mass is 9.98. The lowest BCUT2D eigenvalue weighted by Gasteiger charge is -2.26. The van der Waals surface area contributed by atoms with Gasteiger partial charge in [-0.2, -0.15) is 0 Å². The number of carbonyl (C=O) groups excluding carboxylic acids is 2. The number of amides is 2. The molecular formula is C24H31N5O4S. The Morgan fingerprint density at radius 2 is 2.06 bits per heavy atom. The number of hydrogen-bond donors (Lipinski definition) is 1. The molecule has 1 aromatic heterocycles. The minimum Gasteiger partial charge on any atom is -0.497 e. The number of hydrogen-bond acceptors (Lipinski definition) is 7. The number of rotatable bonds is 7. The number of carbonyl (C=O) groups is 2. The number of aryl methyl sites for hydroxylation is 1. The first-order chi connectivity index (χ1) is 16.5. The highest BCUT2D eigenvalue weighted by Gasteiger charge is 2.56. The van der Waals surface area contributed by atoms with Crippen LogP contribution in [0.2, 0.25) is 0 Å². The second-order valence-corrected chi connectivity index (χ2v) is 10.4. The number of methoxy groups -OCH3 is 1. The molecule has 9 nitrogen and oxygen atoms in total. The van der Waals surface area contributed by atoms with Gasteiger partial charge in [0.15, 0.2) is 5.16 Å². The van der Waals surface area contributed by atoms with E-state index in [0.29, 0.717) is 24.9 Å². The summed E-state index contributed by atoms with van der Waals surface area (Å²) < 4.78 is 12.7. The molecule has 1 N–H and O–H groups in total. The van der Waals surface area contributed by atoms with Crippen molar-refractivity contribution < 1.29 is 19.1 Å². The average molecular weight is 486 g/mol. The van der Waals surface area contributed by atoms with Crippen LogP contribution in [-0.2, 0) is 14.3 Å². The van der Waals surface area contributed by atoms with Gasteiger partial charge in [0, 0.05) is 43.7 Å². The molecule has 1 unspecified atom stereocenters. The Morgan fingerprint density at radius 1 is 1.26 bits per heavy atom. The van der Waals surface area contributed by atoms with E-state index in [2.05, 4.69) is 15.5 Å². The molecule has 5 rings (SSSR count). The SMILES string of the molecule is COc1cccc(-n2c(C)nnc2SCC(=O)NC2CN(C(=O)C3CCOCC3)CC23CC3)c1. The lowest BCUT2D eigenvalue weighted by molar-refractivity contribution is -0.137. The molecule has 34 heavy (non-hydrogen) atoms. The third-order valence-electron chi connectivity index (χ3n) is 7.20. The van der Waals surface area contributed by atoms with Crippen LogP contribution in [0.3, 0.4) is 0 Å². The van der Waals surface area contributed by atoms with Gasteiger partial charge in [0.25, 0.3) is 0 Å². The van der Waals surface area contributed by atoms with Crippen LogP contribution >= 0.6 is 11.8 Å². The van der Waals surface area contributed by atoms with Gasteiger partial charge in [-0.1, -0.05) is 17.8 Å². The van der Waals surface area contributed by atoms with Crippen LogP contribution in [0, 0.1) is 18.3 Å². The first-order valence-corrected chi connectivity index (χ1v) is 12.8. The van der Waals surface area contributed by atoms with E-state index in [1.165, 1.54) is 11.8 Å². The number of benzene rings is 1. The summed E-state index contributed by atoms with van der Waals surface area (Å²) in [4.78, 5) is 27.9. The third-order valence-corrected chi connectivity index (χ3v) is 8.13. The number of nitrogens with one attached hydrogen (secondary N) is 1. The first-order valence-electron chi connectivity index (χ1n) is 11.8. The number of likely N-dealkylation sites (tertiary alicyclic amines) is 1. The van der Waals surface area contributed by atoms with Gasteiger partial charge in [-0.3, -0.25) is 14.2 Å². The highest BCUT2D eigenvalue weighted by Crippen LogP contribution is 2.53. The van der Waals surface area contributed by atoms with Crippen molar-refractivity contribution >= 4 is 23.6 Å². The average Bonchev–Trinajstić information content (AvgIpc) is 3.43. The van der Waals surface area contributed by atoms with Crippen molar-refractivity contribution in [3.05, 3.63) is 30.1 Å². The summed E-state index contributed by atoms with van der Waals surface area (Å²) in [7, 11) is 1.63. The topological polar surface area (TPSA) is 98.6 Å². The maximum atomic E-state index is 13.0. The third kappa shape index (κ3) is 4.65. The number of aromatic nitrogens is 3. The lowest BCUT2D eigenvalue weighted by Crippen LogP contribution is -2.43. The maximum Gasteiger partial charge on any atom is 0.230 e. The molecule has 1 atom stereocenters. The van der Waals surface area contributed by atoms with Gasteiger partial charge in [0.1, 0.15) is 11.6 Å². The highest BCUT2D eigenvalue weighted by atomic mass is 32.2. The highest BCUT2D eigenvalue weighted by molar-refractivity contribution is 7.99. The quantitative estimate of drug-likeness (QED) is 0.601. The van der Waals surface area contributed by atoms with E-state index in [4.69, 9.17) is 9.47 Å². The molecule has 1 aliphatic carbocycles. The zero-order valence-corrected chi connectivity index (χ0v) is 20.5. The van der Waals surface area contributed by atoms with Crippen molar-refractivity contribution in [1.29, 1.82) is 0 Å². The molecule has 3 fully saturated rings. The Balaban J connectivity index is 1.20. The molecule has 1 spiro atoms. The molecular weight excluding hydrogens is 454 g/mol. The van der Waals surface area contributed by atoms with Crippen LogP contribution < -0.4 is 10.1 Å². The Morgan fingerprint density at radius 3 is 2.79 bits per heavy atom. The van der Waals surface area contributed by atoms with Crippen LogP contribution in [0.4, 0.5) is 0 Å². The summed E-state index contributed by atoms with van der Waals surface area (Å²) in [6, 6.07) is 7.69. The zero-order valence-electron chi connectivity index (χ0n) is 19.7. The van der Waals surface area contributed by atoms with Crippen molar-refractivity contribution in [2.24, 2.45) is 11.3 Å². The van der Waals surface area contributed by atoms with E-state index >= 15 is 0 Å². The molecule has 2 saturated heterocycles. The van der Waals surface area contributed by atoms with E-state index in [-0.39, 0.29) is 34.9 Å². The van der Waals surface area contributed by atoms with Crippen molar-refractivity contribution in [3.8, 4) is 11.4 Å². The summed E-state index contributed by atoms with van der Waals surface area (Å²) in [5.41, 5.74) is 0.943. The molecule has 10 heteroatoms. The molecule has 0 radical (unpaired) electrons. The van der Waals surface area contributed by atoms with E-state index in [1.54, 1.807) is 7.11 Å². The van der Waals surface area contributed by atoms with E-state index in [0.717, 1.165) is 49.5 Å². The summed E-state index contributed by atoms with van der Waals surface area (Å²) >= 11 is 1.36. The molecule has 2 amide bonds. The van der Waals surface area contributed by atoms with E-state index in [1.807, 2.05) is 40.7 Å². The van der Waals surface area contributed by atoms with Crippen LogP contribution in [0.15, 0.2) is 29.4 Å². The van der Waals surface area contributed by atoms with Crippen molar-refractivity contribution in [2.75, 3.05) is 39.2 Å². The Labute approximate surface area is 203 Å². The summed E-state index contributed by atoms with van der Waals surface area (Å²) in [5, 5.41) is 12.3. The molecule has 1 aromatic carbocycles. The molecule has 2 aliphatic heterocycles. The Kier molecular flexibility index (Phi) is 6.52. The van der Waals surface area contributed by atoms with E-state index in [9.17, 15) is 9.59 Å². The molecule has 0 bridgehead atoms. The van der Waals surface area contributed by atoms with Crippen LogP contribution in [0.1, 0.15) is 31.5 Å². The van der Waals surface area contributed by atoms with Crippen LogP contribution in [0.25, 0.3) is 5.69 Å². The minimum atomic E-state index is -0.0421. The van der Waals surface area contributed by atoms with Gasteiger partial charge < -0.3 is 19.7 Å². The molecule has 2 aromatic rings. The number of nitrogens with zero attached hydrogens (tertiary/aromatic N) is 4. The van der Waals surface area contributed by atoms with E-state index < -0.39 is 0 Å².